The number of halogens is 2. The largest absolute Gasteiger partial charge is 0.313 e. The minimum Gasteiger partial charge on any atom is -0.313 e. The summed E-state index contributed by atoms with van der Waals surface area (Å²) < 4.78 is 2.30. The fourth-order valence-electron chi connectivity index (χ4n) is 4.28. The predicted octanol–water partition coefficient (Wildman–Crippen LogP) is 7.66. The van der Waals surface area contributed by atoms with Crippen LogP contribution in [0.3, 0.4) is 0 Å². The summed E-state index contributed by atoms with van der Waals surface area (Å²) in [6.45, 7) is 4.61. The minimum absolute atomic E-state index is 0.0862. The van der Waals surface area contributed by atoms with E-state index in [2.05, 4.69) is 23.8 Å². The second-order valence-electron chi connectivity index (χ2n) is 8.12. The molecule has 4 rings (SSSR count). The third kappa shape index (κ3) is 4.56. The van der Waals surface area contributed by atoms with E-state index in [0.717, 1.165) is 22.5 Å². The zero-order valence-electron chi connectivity index (χ0n) is 17.3. The van der Waals surface area contributed by atoms with Gasteiger partial charge in [-0.25, -0.2) is 4.99 Å². The summed E-state index contributed by atoms with van der Waals surface area (Å²) in [5.74, 6) is 1.10. The topological polar surface area (TPSA) is 60.4 Å². The maximum Gasteiger partial charge on any atom is 0.269 e. The van der Waals surface area contributed by atoms with E-state index in [1.807, 2.05) is 18.2 Å². The summed E-state index contributed by atoms with van der Waals surface area (Å²) in [6, 6.07) is 12.3. The number of aromatic nitrogens is 1. The van der Waals surface area contributed by atoms with Crippen molar-refractivity contribution in [1.82, 2.24) is 4.57 Å². The predicted molar refractivity (Wildman–Crippen MR) is 127 cm³/mol. The highest BCUT2D eigenvalue weighted by Crippen LogP contribution is 2.40. The van der Waals surface area contributed by atoms with Crippen LogP contribution < -0.4 is 4.80 Å². The van der Waals surface area contributed by atoms with Gasteiger partial charge in [-0.3, -0.25) is 10.1 Å². The lowest BCUT2D eigenvalue weighted by atomic mass is 9.78. The second-order valence-corrected chi connectivity index (χ2v) is 9.80. The van der Waals surface area contributed by atoms with Gasteiger partial charge in [0.25, 0.3) is 5.69 Å². The first-order valence-electron chi connectivity index (χ1n) is 10.3. The van der Waals surface area contributed by atoms with Crippen molar-refractivity contribution in [2.75, 3.05) is 0 Å². The zero-order valence-corrected chi connectivity index (χ0v) is 19.6. The number of rotatable bonds is 4. The molecule has 0 saturated heterocycles. The Morgan fingerprint density at radius 2 is 1.87 bits per heavy atom. The molecule has 1 fully saturated rings. The molecule has 31 heavy (non-hydrogen) atoms. The molecule has 162 valence electrons. The Hall–Kier alpha value is -2.15. The first-order chi connectivity index (χ1) is 14.8. The van der Waals surface area contributed by atoms with E-state index in [9.17, 15) is 10.1 Å². The van der Waals surface area contributed by atoms with Crippen molar-refractivity contribution in [1.29, 1.82) is 0 Å². The van der Waals surface area contributed by atoms with E-state index in [1.165, 1.54) is 12.8 Å². The third-order valence-electron chi connectivity index (χ3n) is 6.24. The van der Waals surface area contributed by atoms with E-state index in [1.54, 1.807) is 35.6 Å². The summed E-state index contributed by atoms with van der Waals surface area (Å²) >= 11 is 14.0. The monoisotopic (exact) mass is 475 g/mol. The van der Waals surface area contributed by atoms with E-state index >= 15 is 0 Å². The molecular weight excluding hydrogens is 453 g/mol. The van der Waals surface area contributed by atoms with Gasteiger partial charge >= 0.3 is 0 Å². The Morgan fingerprint density at radius 3 is 2.55 bits per heavy atom. The number of nitro benzene ring substituents is 1. The SMILES string of the molecule is CC1CCCC(n2c(-c3ccc([N+](=O)[O-])cc3)csc2=Nc2ccc(Cl)cc2Cl)C1C. The third-order valence-corrected chi connectivity index (χ3v) is 7.61. The summed E-state index contributed by atoms with van der Waals surface area (Å²) in [5.41, 5.74) is 2.72. The molecule has 1 aliphatic carbocycles. The molecule has 8 heteroatoms. The van der Waals surface area contributed by atoms with Gasteiger partial charge < -0.3 is 4.57 Å². The van der Waals surface area contributed by atoms with E-state index in [4.69, 9.17) is 28.2 Å². The van der Waals surface area contributed by atoms with Crippen molar-refractivity contribution in [3.63, 3.8) is 0 Å². The Labute approximate surface area is 195 Å². The van der Waals surface area contributed by atoms with Crippen LogP contribution in [0.2, 0.25) is 10.0 Å². The number of benzene rings is 2. The van der Waals surface area contributed by atoms with Crippen LogP contribution in [-0.2, 0) is 0 Å². The molecule has 0 N–H and O–H groups in total. The highest BCUT2D eigenvalue weighted by molar-refractivity contribution is 7.07. The summed E-state index contributed by atoms with van der Waals surface area (Å²) in [4.78, 5) is 16.5. The smallest absolute Gasteiger partial charge is 0.269 e. The van der Waals surface area contributed by atoms with Crippen molar-refractivity contribution in [2.45, 2.75) is 39.2 Å². The number of nitro groups is 1. The molecule has 1 aliphatic rings. The highest BCUT2D eigenvalue weighted by atomic mass is 35.5. The average molecular weight is 476 g/mol. The fourth-order valence-corrected chi connectivity index (χ4v) is 5.70. The molecule has 1 saturated carbocycles. The maximum absolute atomic E-state index is 11.1. The fraction of sp³-hybridized carbons (Fsp3) is 0.348. The van der Waals surface area contributed by atoms with Crippen molar-refractivity contribution in [3.05, 3.63) is 72.8 Å². The lowest BCUT2D eigenvalue weighted by molar-refractivity contribution is -0.384. The molecule has 0 radical (unpaired) electrons. The molecule has 5 nitrogen and oxygen atoms in total. The van der Waals surface area contributed by atoms with Gasteiger partial charge in [0, 0.05) is 28.6 Å². The van der Waals surface area contributed by atoms with Crippen molar-refractivity contribution < 1.29 is 4.92 Å². The lowest BCUT2D eigenvalue weighted by Crippen LogP contribution is -2.32. The van der Waals surface area contributed by atoms with Crippen LogP contribution in [0.4, 0.5) is 11.4 Å². The Kier molecular flexibility index (Phi) is 6.51. The highest BCUT2D eigenvalue weighted by Gasteiger charge is 2.30. The molecule has 3 unspecified atom stereocenters. The maximum atomic E-state index is 11.1. The molecule has 1 heterocycles. The van der Waals surface area contributed by atoms with Crippen LogP contribution in [0.1, 0.15) is 39.2 Å². The minimum atomic E-state index is -0.375. The Morgan fingerprint density at radius 1 is 1.13 bits per heavy atom. The number of hydrogen-bond acceptors (Lipinski definition) is 4. The van der Waals surface area contributed by atoms with E-state index in [0.29, 0.717) is 33.6 Å². The van der Waals surface area contributed by atoms with Crippen LogP contribution in [-0.4, -0.2) is 9.49 Å². The van der Waals surface area contributed by atoms with Crippen LogP contribution in [0.25, 0.3) is 11.3 Å². The molecule has 3 atom stereocenters. The molecule has 0 amide bonds. The molecule has 3 aromatic rings. The molecule has 1 aromatic heterocycles. The molecule has 2 aromatic carbocycles. The van der Waals surface area contributed by atoms with Gasteiger partial charge in [-0.05, 0) is 54.2 Å². The van der Waals surface area contributed by atoms with Gasteiger partial charge in [-0.2, -0.15) is 0 Å². The quantitative estimate of drug-likeness (QED) is 0.287. The standard InChI is InChI=1S/C23H23Cl2N3O2S/c1-14-4-3-5-21(15(14)2)27-22(16-6-9-18(10-7-16)28(29)30)13-31-23(27)26-20-11-8-17(24)12-19(20)25/h6-15,21H,3-5H2,1-2H3. The van der Waals surface area contributed by atoms with Crippen LogP contribution >= 0.6 is 34.5 Å². The lowest BCUT2D eigenvalue weighted by Gasteiger charge is -2.36. The van der Waals surface area contributed by atoms with Gasteiger partial charge in [-0.15, -0.1) is 11.3 Å². The van der Waals surface area contributed by atoms with Gasteiger partial charge in [0.1, 0.15) is 0 Å². The zero-order chi connectivity index (χ0) is 22.1. The summed E-state index contributed by atoms with van der Waals surface area (Å²) in [5, 5.41) is 14.2. The van der Waals surface area contributed by atoms with E-state index < -0.39 is 0 Å². The molecule has 0 bridgehead atoms. The van der Waals surface area contributed by atoms with Crippen LogP contribution in [0.5, 0.6) is 0 Å². The van der Waals surface area contributed by atoms with Gasteiger partial charge in [-0.1, -0.05) is 49.9 Å². The number of thiazole rings is 1. The number of hydrogen-bond donors (Lipinski definition) is 0. The summed E-state index contributed by atoms with van der Waals surface area (Å²) in [7, 11) is 0. The first kappa shape index (κ1) is 22.1. The van der Waals surface area contributed by atoms with Crippen LogP contribution in [0, 0.1) is 22.0 Å². The van der Waals surface area contributed by atoms with E-state index in [-0.39, 0.29) is 10.6 Å². The number of non-ortho nitro benzene ring substituents is 1. The van der Waals surface area contributed by atoms with Crippen LogP contribution in [0.15, 0.2) is 52.8 Å². The van der Waals surface area contributed by atoms with Gasteiger partial charge in [0.05, 0.1) is 21.3 Å². The average Bonchev–Trinajstić information content (AvgIpc) is 3.15. The van der Waals surface area contributed by atoms with Gasteiger partial charge in [0.15, 0.2) is 4.80 Å². The molecule has 0 aliphatic heterocycles. The first-order valence-corrected chi connectivity index (χ1v) is 11.9. The number of nitrogens with zero attached hydrogens (tertiary/aromatic N) is 3. The summed E-state index contributed by atoms with van der Waals surface area (Å²) in [6.07, 6.45) is 3.47. The van der Waals surface area contributed by atoms with Gasteiger partial charge in [0.2, 0.25) is 0 Å². The second kappa shape index (κ2) is 9.15. The Balaban J connectivity index is 1.88. The van der Waals surface area contributed by atoms with Crippen molar-refractivity contribution in [3.8, 4) is 11.3 Å². The Bertz CT molecular complexity index is 1170. The normalized spacial score (nSPS) is 21.9. The van der Waals surface area contributed by atoms with Crippen molar-refractivity contribution >= 4 is 45.9 Å². The van der Waals surface area contributed by atoms with Crippen molar-refractivity contribution in [2.24, 2.45) is 16.8 Å². The molecule has 0 spiro atoms. The molecular formula is C23H23Cl2N3O2S.